The lowest BCUT2D eigenvalue weighted by Crippen LogP contribution is -2.53. The number of carbonyl (C=O) groups is 1. The van der Waals surface area contributed by atoms with Gasteiger partial charge in [-0.1, -0.05) is 0 Å². The highest BCUT2D eigenvalue weighted by atomic mass is 19.1. The molecule has 1 fully saturated rings. The van der Waals surface area contributed by atoms with Crippen molar-refractivity contribution in [3.63, 3.8) is 0 Å². The lowest BCUT2D eigenvalue weighted by atomic mass is 9.93. The zero-order valence-electron chi connectivity index (χ0n) is 12.9. The molecule has 5 nitrogen and oxygen atoms in total. The third-order valence-corrected chi connectivity index (χ3v) is 4.09. The first-order chi connectivity index (χ1) is 11.2. The number of alkyl halides is 1. The molecule has 3 heterocycles. The number of likely N-dealkylation sites (tertiary alicyclic amines) is 1. The number of nitrogens with zero attached hydrogens (tertiary/aromatic N) is 2. The summed E-state index contributed by atoms with van der Waals surface area (Å²) in [5.74, 6) is 0.241. The summed E-state index contributed by atoms with van der Waals surface area (Å²) in [4.78, 5) is 18.1. The molecule has 1 atom stereocenters. The SMILES string of the molecule is O=C(NCc1ccncc1)C1(F)CCCN(Cc2ccco2)C1. The number of piperidine rings is 1. The molecule has 1 saturated heterocycles. The Morgan fingerprint density at radius 2 is 2.22 bits per heavy atom. The molecule has 3 rings (SSSR count). The van der Waals surface area contributed by atoms with E-state index in [9.17, 15) is 4.79 Å². The molecular weight excluding hydrogens is 297 g/mol. The second kappa shape index (κ2) is 6.91. The maximum atomic E-state index is 15.1. The van der Waals surface area contributed by atoms with Crippen LogP contribution in [0, 0.1) is 0 Å². The van der Waals surface area contributed by atoms with Crippen molar-refractivity contribution >= 4 is 5.91 Å². The fourth-order valence-electron chi connectivity index (χ4n) is 2.88. The number of pyridine rings is 1. The fraction of sp³-hybridized carbons (Fsp3) is 0.412. The molecule has 2 aromatic heterocycles. The van der Waals surface area contributed by atoms with Gasteiger partial charge in [-0.2, -0.15) is 0 Å². The van der Waals surface area contributed by atoms with Crippen LogP contribution in [0.5, 0.6) is 0 Å². The van der Waals surface area contributed by atoms with Crippen LogP contribution >= 0.6 is 0 Å². The molecular formula is C17H20FN3O2. The van der Waals surface area contributed by atoms with Crippen molar-refractivity contribution < 1.29 is 13.6 Å². The maximum Gasteiger partial charge on any atom is 0.259 e. The van der Waals surface area contributed by atoms with Gasteiger partial charge < -0.3 is 9.73 Å². The van der Waals surface area contributed by atoms with E-state index in [0.717, 1.165) is 17.9 Å². The first-order valence-electron chi connectivity index (χ1n) is 7.77. The van der Waals surface area contributed by atoms with E-state index in [-0.39, 0.29) is 13.0 Å². The Hall–Kier alpha value is -2.21. The van der Waals surface area contributed by atoms with E-state index in [1.54, 1.807) is 30.8 Å². The van der Waals surface area contributed by atoms with E-state index in [1.165, 1.54) is 0 Å². The Morgan fingerprint density at radius 3 is 2.96 bits per heavy atom. The minimum absolute atomic E-state index is 0.0931. The molecule has 122 valence electrons. The standard InChI is InChI=1S/C17H20FN3O2/c18-17(16(22)20-11-14-4-7-19-8-5-14)6-2-9-21(13-17)12-15-3-1-10-23-15/h1,3-5,7-8,10H,2,6,9,11-13H2,(H,20,22). The van der Waals surface area contributed by atoms with Crippen LogP contribution in [0.4, 0.5) is 4.39 Å². The molecule has 0 saturated carbocycles. The highest BCUT2D eigenvalue weighted by Crippen LogP contribution is 2.27. The van der Waals surface area contributed by atoms with Crippen molar-refractivity contribution in [3.8, 4) is 0 Å². The molecule has 1 aliphatic rings. The summed E-state index contributed by atoms with van der Waals surface area (Å²) in [7, 11) is 0. The van der Waals surface area contributed by atoms with E-state index in [0.29, 0.717) is 19.5 Å². The van der Waals surface area contributed by atoms with Crippen molar-refractivity contribution in [2.45, 2.75) is 31.6 Å². The van der Waals surface area contributed by atoms with Crippen LogP contribution in [0.25, 0.3) is 0 Å². The van der Waals surface area contributed by atoms with Crippen LogP contribution < -0.4 is 5.32 Å². The Kier molecular flexibility index (Phi) is 4.71. The third kappa shape index (κ3) is 3.96. The highest BCUT2D eigenvalue weighted by Gasteiger charge is 2.42. The molecule has 23 heavy (non-hydrogen) atoms. The van der Waals surface area contributed by atoms with Crippen LogP contribution in [-0.4, -0.2) is 34.5 Å². The molecule has 0 spiro atoms. The first kappa shape index (κ1) is 15.7. The van der Waals surface area contributed by atoms with Gasteiger partial charge in [0.15, 0.2) is 0 Å². The number of furan rings is 1. The Morgan fingerprint density at radius 1 is 1.39 bits per heavy atom. The topological polar surface area (TPSA) is 58.4 Å². The van der Waals surface area contributed by atoms with Crippen LogP contribution in [0.15, 0.2) is 47.3 Å². The molecule has 0 aromatic carbocycles. The van der Waals surface area contributed by atoms with Crippen molar-refractivity contribution in [3.05, 3.63) is 54.2 Å². The van der Waals surface area contributed by atoms with Crippen LogP contribution in [0.2, 0.25) is 0 Å². The molecule has 1 amide bonds. The monoisotopic (exact) mass is 317 g/mol. The number of hydrogen-bond acceptors (Lipinski definition) is 4. The average molecular weight is 317 g/mol. The third-order valence-electron chi connectivity index (χ3n) is 4.09. The molecule has 1 aliphatic heterocycles. The summed E-state index contributed by atoms with van der Waals surface area (Å²) in [6.45, 7) is 1.70. The van der Waals surface area contributed by atoms with Gasteiger partial charge in [0.1, 0.15) is 5.76 Å². The molecule has 0 radical (unpaired) electrons. The Labute approximate surface area is 134 Å². The number of nitrogens with one attached hydrogen (secondary N) is 1. The molecule has 0 aliphatic carbocycles. The van der Waals surface area contributed by atoms with Crippen molar-refractivity contribution in [2.24, 2.45) is 0 Å². The van der Waals surface area contributed by atoms with E-state index in [2.05, 4.69) is 10.3 Å². The number of hydrogen-bond donors (Lipinski definition) is 1. The van der Waals surface area contributed by atoms with Gasteiger partial charge in [-0.3, -0.25) is 14.7 Å². The predicted octanol–water partition coefficient (Wildman–Crippen LogP) is 2.30. The zero-order valence-corrected chi connectivity index (χ0v) is 12.9. The molecule has 0 bridgehead atoms. The van der Waals surface area contributed by atoms with Gasteiger partial charge in [-0.25, -0.2) is 4.39 Å². The van der Waals surface area contributed by atoms with Crippen molar-refractivity contribution in [1.29, 1.82) is 0 Å². The molecule has 6 heteroatoms. The summed E-state index contributed by atoms with van der Waals surface area (Å²) >= 11 is 0. The Balaban J connectivity index is 1.57. The van der Waals surface area contributed by atoms with E-state index in [4.69, 9.17) is 4.42 Å². The number of halogens is 1. The van der Waals surface area contributed by atoms with E-state index >= 15 is 4.39 Å². The fourth-order valence-corrected chi connectivity index (χ4v) is 2.88. The largest absolute Gasteiger partial charge is 0.468 e. The van der Waals surface area contributed by atoms with Crippen molar-refractivity contribution in [1.82, 2.24) is 15.2 Å². The summed E-state index contributed by atoms with van der Waals surface area (Å²) in [6.07, 6.45) is 5.81. The molecule has 1 unspecified atom stereocenters. The van der Waals surface area contributed by atoms with E-state index < -0.39 is 11.6 Å². The van der Waals surface area contributed by atoms with Crippen molar-refractivity contribution in [2.75, 3.05) is 13.1 Å². The summed E-state index contributed by atoms with van der Waals surface area (Å²) in [6, 6.07) is 7.27. The van der Waals surface area contributed by atoms with Crippen LogP contribution in [0.1, 0.15) is 24.2 Å². The van der Waals surface area contributed by atoms with Gasteiger partial charge in [0, 0.05) is 25.5 Å². The summed E-state index contributed by atoms with van der Waals surface area (Å²) < 4.78 is 20.4. The number of carbonyl (C=O) groups excluding carboxylic acids is 1. The minimum Gasteiger partial charge on any atom is -0.468 e. The normalized spacial score (nSPS) is 22.0. The number of rotatable bonds is 5. The predicted molar refractivity (Wildman–Crippen MR) is 83.1 cm³/mol. The van der Waals surface area contributed by atoms with Gasteiger partial charge in [-0.05, 0) is 49.2 Å². The average Bonchev–Trinajstić information content (AvgIpc) is 3.06. The van der Waals surface area contributed by atoms with Gasteiger partial charge in [-0.15, -0.1) is 0 Å². The van der Waals surface area contributed by atoms with Crippen LogP contribution in [-0.2, 0) is 17.9 Å². The molecule has 1 N–H and O–H groups in total. The first-order valence-corrected chi connectivity index (χ1v) is 7.77. The molecule has 2 aromatic rings. The minimum atomic E-state index is -1.85. The highest BCUT2D eigenvalue weighted by molar-refractivity contribution is 5.85. The zero-order chi connectivity index (χ0) is 16.1. The van der Waals surface area contributed by atoms with E-state index in [1.807, 2.05) is 17.0 Å². The number of aromatic nitrogens is 1. The van der Waals surface area contributed by atoms with Gasteiger partial charge in [0.05, 0.1) is 12.8 Å². The maximum absolute atomic E-state index is 15.1. The second-order valence-electron chi connectivity index (χ2n) is 5.90. The quantitative estimate of drug-likeness (QED) is 0.919. The lowest BCUT2D eigenvalue weighted by molar-refractivity contribution is -0.137. The second-order valence-corrected chi connectivity index (χ2v) is 5.90. The lowest BCUT2D eigenvalue weighted by Gasteiger charge is -2.35. The van der Waals surface area contributed by atoms with Gasteiger partial charge >= 0.3 is 0 Å². The number of amides is 1. The van der Waals surface area contributed by atoms with Gasteiger partial charge in [0.25, 0.3) is 5.91 Å². The van der Waals surface area contributed by atoms with Crippen LogP contribution in [0.3, 0.4) is 0 Å². The summed E-state index contributed by atoms with van der Waals surface area (Å²) in [5.41, 5.74) is -0.946. The smallest absolute Gasteiger partial charge is 0.259 e. The summed E-state index contributed by atoms with van der Waals surface area (Å²) in [5, 5.41) is 2.70. The van der Waals surface area contributed by atoms with Gasteiger partial charge in [0.2, 0.25) is 5.67 Å². The Bertz CT molecular complexity index is 633.